The molecule has 2 saturated heterocycles. The number of benzene rings is 2. The number of hydrogen-bond donors (Lipinski definition) is 2. The van der Waals surface area contributed by atoms with Crippen molar-refractivity contribution in [3.8, 4) is 11.1 Å². The number of aliphatic hydroxyl groups excluding tert-OH is 1. The Balaban J connectivity index is 1.52. The van der Waals surface area contributed by atoms with Crippen LogP contribution in [0.4, 0.5) is 27.6 Å². The quantitative estimate of drug-likeness (QED) is 0.510. The summed E-state index contributed by atoms with van der Waals surface area (Å²) in [5.41, 5.74) is -0.952. The van der Waals surface area contributed by atoms with Gasteiger partial charge in [-0.25, -0.2) is 13.8 Å². The monoisotopic (exact) mass is 610 g/mol. The minimum Gasteiger partial charge on any atom is -0.355 e. The molecule has 2 fully saturated rings. The van der Waals surface area contributed by atoms with Crippen LogP contribution in [-0.4, -0.2) is 109 Å². The van der Waals surface area contributed by atoms with Gasteiger partial charge in [-0.15, -0.1) is 11.8 Å². The second kappa shape index (κ2) is 11.6. The third-order valence-corrected chi connectivity index (χ3v) is 9.95. The highest BCUT2D eigenvalue weighted by Gasteiger charge is 2.45. The molecule has 4 aliphatic heterocycles. The van der Waals surface area contributed by atoms with Crippen molar-refractivity contribution in [3.63, 3.8) is 0 Å². The zero-order chi connectivity index (χ0) is 29.8. The summed E-state index contributed by atoms with van der Waals surface area (Å²) in [4.78, 5) is 13.2. The average molecular weight is 611 g/mol. The summed E-state index contributed by atoms with van der Waals surface area (Å²) in [5, 5.41) is 14.8. The van der Waals surface area contributed by atoms with E-state index >= 15 is 4.39 Å². The Labute approximate surface area is 246 Å². The van der Waals surface area contributed by atoms with Crippen molar-refractivity contribution in [2.75, 3.05) is 69.6 Å². The number of hydrogen-bond acceptors (Lipinski definition) is 8. The van der Waals surface area contributed by atoms with Gasteiger partial charge in [0.15, 0.2) is 0 Å². The number of amidine groups is 1. The van der Waals surface area contributed by atoms with Gasteiger partial charge in [-0.2, -0.15) is 13.2 Å². The third-order valence-electron chi connectivity index (χ3n) is 8.71. The predicted octanol–water partition coefficient (Wildman–Crippen LogP) is 3.90. The second-order valence-corrected chi connectivity index (χ2v) is 12.3. The predicted molar refractivity (Wildman–Crippen MR) is 154 cm³/mol. The minimum absolute atomic E-state index is 0.0719. The SMILES string of the molecule is CCN1CCN(C[C@H]2CSc3c(-c4ccc(F)cc4F)c(C(F)(F)F)cc4c3N2C(O)N=C4N2CCNC[C@@H]2C)CC1. The van der Waals surface area contributed by atoms with Gasteiger partial charge in [0.1, 0.15) is 17.5 Å². The average Bonchev–Trinajstić information content (AvgIpc) is 2.95. The van der Waals surface area contributed by atoms with Crippen molar-refractivity contribution in [2.24, 2.45) is 4.99 Å². The fourth-order valence-corrected chi connectivity index (χ4v) is 7.84. The van der Waals surface area contributed by atoms with Gasteiger partial charge in [-0.05, 0) is 31.7 Å². The minimum atomic E-state index is -4.82. The number of rotatable bonds is 4. The van der Waals surface area contributed by atoms with E-state index in [9.17, 15) is 22.7 Å². The second-order valence-electron chi connectivity index (χ2n) is 11.3. The van der Waals surface area contributed by atoms with E-state index in [-0.39, 0.29) is 33.7 Å². The molecule has 0 bridgehead atoms. The number of likely N-dealkylation sites (N-methyl/N-ethyl adjacent to an activating group) is 1. The summed E-state index contributed by atoms with van der Waals surface area (Å²) >= 11 is 1.24. The van der Waals surface area contributed by atoms with Gasteiger partial charge in [0.25, 0.3) is 0 Å². The topological polar surface area (TPSA) is 57.6 Å². The lowest BCUT2D eigenvalue weighted by Crippen LogP contribution is -2.59. The Morgan fingerprint density at radius 1 is 1.05 bits per heavy atom. The van der Waals surface area contributed by atoms with Crippen molar-refractivity contribution in [1.82, 2.24) is 20.0 Å². The molecule has 2 N–H and O–H groups in total. The van der Waals surface area contributed by atoms with E-state index in [1.165, 1.54) is 11.8 Å². The molecule has 0 radical (unpaired) electrons. The largest absolute Gasteiger partial charge is 0.417 e. The number of alkyl halides is 3. The first-order chi connectivity index (χ1) is 20.1. The van der Waals surface area contributed by atoms with E-state index in [4.69, 9.17) is 0 Å². The molecule has 1 unspecified atom stereocenters. The molecule has 2 aromatic rings. The third kappa shape index (κ3) is 5.38. The highest BCUT2D eigenvalue weighted by Crippen LogP contribution is 2.53. The molecule has 3 atom stereocenters. The molecule has 0 aromatic heterocycles. The Kier molecular flexibility index (Phi) is 8.16. The van der Waals surface area contributed by atoms with Gasteiger partial charge < -0.3 is 25.1 Å². The molecular weight excluding hydrogens is 575 g/mol. The molecule has 7 nitrogen and oxygen atoms in total. The van der Waals surface area contributed by atoms with Gasteiger partial charge in [-0.3, -0.25) is 4.90 Å². The number of nitrogens with one attached hydrogen (secondary N) is 1. The van der Waals surface area contributed by atoms with E-state index in [0.717, 1.165) is 50.9 Å². The van der Waals surface area contributed by atoms with Gasteiger partial charge in [0.2, 0.25) is 6.35 Å². The first-order valence-electron chi connectivity index (χ1n) is 14.4. The van der Waals surface area contributed by atoms with E-state index in [0.29, 0.717) is 49.5 Å². The van der Waals surface area contributed by atoms with Gasteiger partial charge >= 0.3 is 6.18 Å². The van der Waals surface area contributed by atoms with Crippen LogP contribution in [0, 0.1) is 11.6 Å². The molecule has 0 saturated carbocycles. The Bertz CT molecular complexity index is 1370. The fraction of sp³-hybridized carbons (Fsp3) is 0.552. The Morgan fingerprint density at radius 3 is 2.45 bits per heavy atom. The number of anilines is 1. The lowest BCUT2D eigenvalue weighted by Gasteiger charge is -2.48. The van der Waals surface area contributed by atoms with Crippen LogP contribution in [0.3, 0.4) is 0 Å². The lowest BCUT2D eigenvalue weighted by molar-refractivity contribution is -0.137. The van der Waals surface area contributed by atoms with Crippen molar-refractivity contribution in [2.45, 2.75) is 43.4 Å². The summed E-state index contributed by atoms with van der Waals surface area (Å²) in [6.45, 7) is 11.0. The number of thioether (sulfide) groups is 1. The maximum atomic E-state index is 15.2. The number of aliphatic imine (C=N–C) groups is 1. The van der Waals surface area contributed by atoms with Gasteiger partial charge in [0.05, 0.1) is 17.3 Å². The molecule has 4 heterocycles. The molecule has 0 amide bonds. The molecule has 6 rings (SSSR count). The molecule has 228 valence electrons. The van der Waals surface area contributed by atoms with Crippen LogP contribution in [-0.2, 0) is 6.18 Å². The van der Waals surface area contributed by atoms with Gasteiger partial charge in [0, 0.05) is 91.8 Å². The van der Waals surface area contributed by atoms with Crippen LogP contribution in [0.5, 0.6) is 0 Å². The van der Waals surface area contributed by atoms with Crippen LogP contribution in [0.25, 0.3) is 11.1 Å². The lowest BCUT2D eigenvalue weighted by atomic mass is 9.92. The smallest absolute Gasteiger partial charge is 0.355 e. The van der Waals surface area contributed by atoms with E-state index < -0.39 is 29.7 Å². The maximum Gasteiger partial charge on any atom is 0.417 e. The summed E-state index contributed by atoms with van der Waals surface area (Å²) < 4.78 is 73.3. The van der Waals surface area contributed by atoms with Crippen molar-refractivity contribution >= 4 is 23.3 Å². The molecule has 0 aliphatic carbocycles. The molecule has 42 heavy (non-hydrogen) atoms. The van der Waals surface area contributed by atoms with E-state index in [1.54, 1.807) is 4.90 Å². The summed E-state index contributed by atoms with van der Waals surface area (Å²) in [7, 11) is 0. The van der Waals surface area contributed by atoms with Crippen LogP contribution < -0.4 is 10.2 Å². The Hall–Kier alpha value is -2.45. The normalized spacial score (nSPS) is 25.4. The summed E-state index contributed by atoms with van der Waals surface area (Å²) in [6, 6.07) is 3.38. The number of piperazine rings is 2. The molecule has 4 aliphatic rings. The number of halogens is 5. The van der Waals surface area contributed by atoms with E-state index in [1.807, 2.05) is 11.8 Å². The Morgan fingerprint density at radius 2 is 1.79 bits per heavy atom. The van der Waals surface area contributed by atoms with Crippen LogP contribution in [0.1, 0.15) is 25.0 Å². The number of nitrogens with zero attached hydrogens (tertiary/aromatic N) is 5. The van der Waals surface area contributed by atoms with Crippen LogP contribution in [0.15, 0.2) is 34.2 Å². The first kappa shape index (κ1) is 29.6. The fourth-order valence-electron chi connectivity index (χ4n) is 6.50. The van der Waals surface area contributed by atoms with Crippen molar-refractivity contribution in [1.29, 1.82) is 0 Å². The zero-order valence-electron chi connectivity index (χ0n) is 23.6. The molecule has 13 heteroatoms. The van der Waals surface area contributed by atoms with E-state index in [2.05, 4.69) is 27.0 Å². The van der Waals surface area contributed by atoms with Crippen molar-refractivity contribution < 1.29 is 27.1 Å². The first-order valence-corrected chi connectivity index (χ1v) is 15.4. The van der Waals surface area contributed by atoms with Crippen LogP contribution in [0.2, 0.25) is 0 Å². The summed E-state index contributed by atoms with van der Waals surface area (Å²) in [5.74, 6) is -1.26. The maximum absolute atomic E-state index is 15.2. The molecule has 2 aromatic carbocycles. The van der Waals surface area contributed by atoms with Gasteiger partial charge in [-0.1, -0.05) is 6.92 Å². The highest BCUT2D eigenvalue weighted by atomic mass is 32.2. The zero-order valence-corrected chi connectivity index (χ0v) is 24.4. The standard InChI is InChI=1S/C29H35F5N6OS/c1-3-37-8-10-38(11-9-37)15-19-16-42-26-24(20-5-4-18(30)12-23(20)31)22(29(32,33)34)13-21-25(26)40(19)28(41)36-27(21)39-7-6-35-14-17(39)2/h4-5,12-13,17,19,28,35,41H,3,6-11,14-16H2,1-2H3/t17-,19-,28?/m0/s1. The van der Waals surface area contributed by atoms with Crippen LogP contribution >= 0.6 is 11.8 Å². The molecular formula is C29H35F5N6OS. The number of aliphatic hydroxyl groups is 1. The highest BCUT2D eigenvalue weighted by molar-refractivity contribution is 7.99. The molecule has 0 spiro atoms. The van der Waals surface area contributed by atoms with Crippen molar-refractivity contribution in [3.05, 3.63) is 47.0 Å². The summed E-state index contributed by atoms with van der Waals surface area (Å²) in [6.07, 6.45) is -6.14.